The molecule has 44 heavy (non-hydrogen) atoms. The van der Waals surface area contributed by atoms with Crippen LogP contribution in [0.25, 0.3) is 5.57 Å². The van der Waals surface area contributed by atoms with Crippen LogP contribution >= 0.6 is 7.14 Å². The van der Waals surface area contributed by atoms with Crippen LogP contribution in [0.4, 0.5) is 18.9 Å². The van der Waals surface area contributed by atoms with Crippen LogP contribution in [0.3, 0.4) is 0 Å². The molecule has 0 saturated carbocycles. The second kappa shape index (κ2) is 10.8. The lowest BCUT2D eigenvalue weighted by Gasteiger charge is -2.35. The van der Waals surface area contributed by atoms with E-state index in [2.05, 4.69) is 9.48 Å². The third-order valence-electron chi connectivity index (χ3n) is 9.25. The molecule has 3 aromatic carbocycles. The number of carboxylic acids is 1. The van der Waals surface area contributed by atoms with Gasteiger partial charge in [-0.15, -0.1) is 0 Å². The number of anilines is 1. The lowest BCUT2D eigenvalue weighted by atomic mass is 9.85. The van der Waals surface area contributed by atoms with E-state index in [1.54, 1.807) is 12.1 Å². The number of halogens is 3. The van der Waals surface area contributed by atoms with Crippen molar-refractivity contribution in [3.8, 4) is 0 Å². The first-order valence-electron chi connectivity index (χ1n) is 14.9. The summed E-state index contributed by atoms with van der Waals surface area (Å²) < 4.78 is 64.5. The molecule has 0 aromatic heterocycles. The summed E-state index contributed by atoms with van der Waals surface area (Å²) in [6.45, 7) is 4.43. The van der Waals surface area contributed by atoms with Crippen molar-refractivity contribution in [3.63, 3.8) is 0 Å². The zero-order valence-corrected chi connectivity index (χ0v) is 25.1. The highest BCUT2D eigenvalue weighted by atomic mass is 31.2. The van der Waals surface area contributed by atoms with Crippen molar-refractivity contribution in [2.75, 3.05) is 31.1 Å². The van der Waals surface area contributed by atoms with Crippen molar-refractivity contribution in [3.05, 3.63) is 117 Å². The van der Waals surface area contributed by atoms with Gasteiger partial charge in [0, 0.05) is 76.4 Å². The predicted molar refractivity (Wildman–Crippen MR) is 167 cm³/mol. The lowest BCUT2D eigenvalue weighted by Crippen LogP contribution is -2.30. The minimum Gasteiger partial charge on any atom is -0.478 e. The van der Waals surface area contributed by atoms with Crippen molar-refractivity contribution in [1.29, 1.82) is 0 Å². The fourth-order valence-electron chi connectivity index (χ4n) is 7.00. The molecule has 2 fully saturated rings. The summed E-state index contributed by atoms with van der Waals surface area (Å²) in [5.74, 6) is -6.10. The Hall–Kier alpha value is -4.16. The molecule has 3 aromatic rings. The first-order valence-corrected chi connectivity index (χ1v) is 16.7. The molecule has 9 heteroatoms. The van der Waals surface area contributed by atoms with Crippen LogP contribution in [0, 0.1) is 24.4 Å². The van der Waals surface area contributed by atoms with Gasteiger partial charge in [-0.1, -0.05) is 36.4 Å². The van der Waals surface area contributed by atoms with Crippen LogP contribution in [-0.2, 0) is 4.57 Å². The van der Waals surface area contributed by atoms with E-state index >= 15 is 13.3 Å². The van der Waals surface area contributed by atoms with Gasteiger partial charge < -0.3 is 14.6 Å². The van der Waals surface area contributed by atoms with Gasteiger partial charge in [-0.2, -0.15) is 0 Å². The molecule has 224 valence electrons. The van der Waals surface area contributed by atoms with E-state index in [9.17, 15) is 14.3 Å². The predicted octanol–water partition coefficient (Wildman–Crippen LogP) is 6.54. The fraction of sp³-hybridized carbons (Fsp3) is 0.257. The molecular weight excluding hydrogens is 584 g/mol. The molecule has 0 bridgehead atoms. The van der Waals surface area contributed by atoms with E-state index in [4.69, 9.17) is 0 Å². The Morgan fingerprint density at radius 3 is 2.30 bits per heavy atom. The Morgan fingerprint density at radius 1 is 0.909 bits per heavy atom. The molecule has 4 aliphatic rings. The smallest absolute Gasteiger partial charge is 0.339 e. The summed E-state index contributed by atoms with van der Waals surface area (Å²) in [6, 6.07) is 14.6. The van der Waals surface area contributed by atoms with Crippen LogP contribution < -0.4 is 15.5 Å². The number of benzene rings is 3. The van der Waals surface area contributed by atoms with Gasteiger partial charge in [0.25, 0.3) is 0 Å². The van der Waals surface area contributed by atoms with E-state index in [0.29, 0.717) is 27.1 Å². The third kappa shape index (κ3) is 4.26. The zero-order chi connectivity index (χ0) is 30.7. The number of aromatic carboxylic acids is 1. The van der Waals surface area contributed by atoms with Gasteiger partial charge >= 0.3 is 5.97 Å². The minimum absolute atomic E-state index is 0.0928. The van der Waals surface area contributed by atoms with E-state index in [1.165, 1.54) is 0 Å². The minimum atomic E-state index is -3.64. The highest BCUT2D eigenvalue weighted by Gasteiger charge is 2.45. The summed E-state index contributed by atoms with van der Waals surface area (Å²) in [5, 5.41) is 11.5. The summed E-state index contributed by atoms with van der Waals surface area (Å²) in [5.41, 5.74) is 0.251. The van der Waals surface area contributed by atoms with E-state index in [-0.39, 0.29) is 5.57 Å². The largest absolute Gasteiger partial charge is 0.478 e. The monoisotopic (exact) mass is 615 g/mol. The number of hydrogen-bond acceptors (Lipinski definition) is 3. The molecule has 1 aliphatic carbocycles. The summed E-state index contributed by atoms with van der Waals surface area (Å²) in [6.07, 6.45) is 9.54. The van der Waals surface area contributed by atoms with Gasteiger partial charge in [0.2, 0.25) is 5.71 Å². The fourth-order valence-corrected chi connectivity index (χ4v) is 10.1. The molecule has 1 unspecified atom stereocenters. The van der Waals surface area contributed by atoms with Gasteiger partial charge in [0.1, 0.15) is 24.5 Å². The van der Waals surface area contributed by atoms with Crippen LogP contribution in [0.5, 0.6) is 0 Å². The average molecular weight is 616 g/mol. The van der Waals surface area contributed by atoms with Gasteiger partial charge in [-0.05, 0) is 49.1 Å². The topological polar surface area (TPSA) is 60.6 Å². The van der Waals surface area contributed by atoms with Gasteiger partial charge in [-0.3, -0.25) is 0 Å². The second-order valence-electron chi connectivity index (χ2n) is 11.7. The van der Waals surface area contributed by atoms with Gasteiger partial charge in [-0.25, -0.2) is 22.5 Å². The number of carbonyl (C=O) groups is 1. The summed E-state index contributed by atoms with van der Waals surface area (Å²) in [7, 11) is -3.64. The Morgan fingerprint density at radius 2 is 1.61 bits per heavy atom. The quantitative estimate of drug-likeness (QED) is 0.206. The highest BCUT2D eigenvalue weighted by molar-refractivity contribution is 7.83. The average Bonchev–Trinajstić information content (AvgIpc) is 3.78. The molecule has 3 heterocycles. The van der Waals surface area contributed by atoms with E-state index in [1.807, 2.05) is 54.6 Å². The molecule has 1 N–H and O–H groups in total. The Bertz CT molecular complexity index is 1910. The van der Waals surface area contributed by atoms with Crippen LogP contribution in [0.15, 0.2) is 77.6 Å². The number of rotatable bonds is 4. The Balaban J connectivity index is 1.63. The molecule has 5 nitrogen and oxygen atoms in total. The summed E-state index contributed by atoms with van der Waals surface area (Å²) in [4.78, 5) is 14.7. The van der Waals surface area contributed by atoms with Crippen LogP contribution in [-0.4, -0.2) is 47.5 Å². The maximum absolute atomic E-state index is 16.2. The molecular formula is C35H31F3N2O3P+. The SMILES string of the molecule is Cc1c(F)c(F)c(C(=O)O)c(C2=C3C=CC(=[N+]4CCCC4)C=C3P(=O)(c3ccccc3)c3cc(N4CCCC4)ccc32)c1F. The number of carboxylic acid groups (broad SMARTS) is 1. The number of allylic oxidation sites excluding steroid dienone is 5. The summed E-state index contributed by atoms with van der Waals surface area (Å²) >= 11 is 0. The number of fused-ring (bicyclic) bond motifs is 2. The molecule has 1 atom stereocenters. The normalized spacial score (nSPS) is 21.1. The standard InChI is InChI=1S/C35H30F3N2O3P/c1-21-32(36)30(31(35(41)42)34(38)33(21)37)29-25-13-11-22(39-15-5-6-16-39)19-27(25)44(43,24-9-3-2-4-10-24)28-20-23(12-14-26(28)29)40-17-7-8-18-40/h2-4,9-14,19-20H,5-8,15-18H2,1H3/p+1. The van der Waals surface area contributed by atoms with Crippen LogP contribution in [0.2, 0.25) is 0 Å². The van der Waals surface area contributed by atoms with E-state index in [0.717, 1.165) is 70.2 Å². The third-order valence-corrected chi connectivity index (χ3v) is 12.4. The highest BCUT2D eigenvalue weighted by Crippen LogP contribution is 2.62. The molecule has 3 aliphatic heterocycles. The number of hydrogen-bond donors (Lipinski definition) is 1. The van der Waals surface area contributed by atoms with Crippen molar-refractivity contribution in [2.24, 2.45) is 0 Å². The van der Waals surface area contributed by atoms with Gasteiger partial charge in [0.05, 0.1) is 0 Å². The molecule has 0 spiro atoms. The Labute approximate surface area is 253 Å². The van der Waals surface area contributed by atoms with Crippen LogP contribution in [0.1, 0.15) is 52.7 Å². The molecule has 0 radical (unpaired) electrons. The Kier molecular flexibility index (Phi) is 7.00. The first kappa shape index (κ1) is 28.6. The van der Waals surface area contributed by atoms with Gasteiger partial charge in [0.15, 0.2) is 18.8 Å². The maximum Gasteiger partial charge on any atom is 0.339 e. The first-order chi connectivity index (χ1) is 21.2. The van der Waals surface area contributed by atoms with E-state index < -0.39 is 47.3 Å². The molecule has 7 rings (SSSR count). The molecule has 2 saturated heterocycles. The maximum atomic E-state index is 16.2. The number of nitrogens with zero attached hydrogens (tertiary/aromatic N) is 2. The second-order valence-corrected chi connectivity index (χ2v) is 14.4. The van der Waals surface area contributed by atoms with Crippen molar-refractivity contribution in [2.45, 2.75) is 32.6 Å². The molecule has 0 amide bonds. The lowest BCUT2D eigenvalue weighted by molar-refractivity contribution is -0.504. The zero-order valence-electron chi connectivity index (χ0n) is 24.2. The van der Waals surface area contributed by atoms with Crippen molar-refractivity contribution in [1.82, 2.24) is 0 Å². The van der Waals surface area contributed by atoms with Crippen molar-refractivity contribution >= 4 is 40.7 Å². The van der Waals surface area contributed by atoms with Crippen molar-refractivity contribution < 1.29 is 32.2 Å².